The molecule has 1 aliphatic rings. The number of ether oxygens (including phenoxy) is 1. The van der Waals surface area contributed by atoms with Crippen LogP contribution in [0.25, 0.3) is 0 Å². The van der Waals surface area contributed by atoms with Crippen molar-refractivity contribution in [3.05, 3.63) is 35.9 Å². The van der Waals surface area contributed by atoms with Crippen molar-refractivity contribution in [2.75, 3.05) is 7.11 Å². The molecule has 0 spiro atoms. The van der Waals surface area contributed by atoms with Crippen molar-refractivity contribution in [3.8, 4) is 0 Å². The monoisotopic (exact) mass is 303 g/mol. The lowest BCUT2D eigenvalue weighted by Gasteiger charge is -2.24. The van der Waals surface area contributed by atoms with E-state index in [1.165, 1.54) is 13.5 Å². The summed E-state index contributed by atoms with van der Waals surface area (Å²) in [6.45, 7) is 0. The van der Waals surface area contributed by atoms with Gasteiger partial charge in [-0.05, 0) is 31.2 Å². The second-order valence-corrected chi connectivity index (χ2v) is 5.94. The highest BCUT2D eigenvalue weighted by atomic mass is 16.5. The number of benzene rings is 1. The Morgan fingerprint density at radius 3 is 2.50 bits per heavy atom. The Hall–Kier alpha value is -1.84. The van der Waals surface area contributed by atoms with Crippen LogP contribution in [0.4, 0.5) is 0 Å². The van der Waals surface area contributed by atoms with Crippen LogP contribution in [0.3, 0.4) is 0 Å². The molecule has 4 heteroatoms. The molecule has 0 unspecified atom stereocenters. The van der Waals surface area contributed by atoms with Crippen LogP contribution >= 0.6 is 0 Å². The van der Waals surface area contributed by atoms with Crippen LogP contribution in [-0.2, 0) is 20.7 Å². The van der Waals surface area contributed by atoms with Crippen LogP contribution in [0, 0.1) is 5.92 Å². The predicted octanol–water partition coefficient (Wildman–Crippen LogP) is 2.86. The molecule has 1 aromatic rings. The largest absolute Gasteiger partial charge is 0.467 e. The Labute approximate surface area is 132 Å². The predicted molar refractivity (Wildman–Crippen MR) is 85.3 cm³/mol. The van der Waals surface area contributed by atoms with Crippen LogP contribution in [0.1, 0.15) is 44.1 Å². The Bertz CT molecular complexity index is 480. The van der Waals surface area contributed by atoms with Gasteiger partial charge in [-0.1, -0.05) is 49.6 Å². The highest BCUT2D eigenvalue weighted by Gasteiger charge is 2.26. The molecule has 1 aliphatic carbocycles. The zero-order valence-electron chi connectivity index (χ0n) is 13.2. The van der Waals surface area contributed by atoms with E-state index < -0.39 is 6.04 Å². The van der Waals surface area contributed by atoms with E-state index >= 15 is 0 Å². The summed E-state index contributed by atoms with van der Waals surface area (Å²) < 4.78 is 4.84. The summed E-state index contributed by atoms with van der Waals surface area (Å²) in [6.07, 6.45) is 6.58. The zero-order chi connectivity index (χ0) is 15.8. The number of carbonyl (C=O) groups excluding carboxylic acids is 2. The van der Waals surface area contributed by atoms with Gasteiger partial charge in [0.1, 0.15) is 6.04 Å². The fraction of sp³-hybridized carbons (Fsp3) is 0.556. The Morgan fingerprint density at radius 1 is 1.18 bits per heavy atom. The minimum atomic E-state index is -0.556. The van der Waals surface area contributed by atoms with E-state index in [1.807, 2.05) is 30.3 Å². The first-order chi connectivity index (χ1) is 10.7. The molecule has 1 N–H and O–H groups in total. The first kappa shape index (κ1) is 16.5. The van der Waals surface area contributed by atoms with Crippen molar-refractivity contribution in [1.29, 1.82) is 0 Å². The number of amides is 1. The van der Waals surface area contributed by atoms with Gasteiger partial charge in [0, 0.05) is 5.92 Å². The Kier molecular flexibility index (Phi) is 6.44. The second-order valence-electron chi connectivity index (χ2n) is 5.94. The summed E-state index contributed by atoms with van der Waals surface area (Å²) in [5.41, 5.74) is 1.16. The van der Waals surface area contributed by atoms with Crippen molar-refractivity contribution in [2.24, 2.45) is 5.92 Å². The van der Waals surface area contributed by atoms with Crippen LogP contribution in [0.5, 0.6) is 0 Å². The maximum absolute atomic E-state index is 12.3. The molecule has 0 aromatic heterocycles. The molecule has 0 bridgehead atoms. The molecule has 120 valence electrons. The van der Waals surface area contributed by atoms with Crippen LogP contribution < -0.4 is 5.32 Å². The maximum atomic E-state index is 12.3. The molecular formula is C18H25NO3. The van der Waals surface area contributed by atoms with Gasteiger partial charge in [-0.2, -0.15) is 0 Å². The van der Waals surface area contributed by atoms with Gasteiger partial charge < -0.3 is 10.1 Å². The van der Waals surface area contributed by atoms with Gasteiger partial charge in [-0.25, -0.2) is 4.79 Å². The Morgan fingerprint density at radius 2 is 1.86 bits per heavy atom. The first-order valence-corrected chi connectivity index (χ1v) is 8.13. The van der Waals surface area contributed by atoms with Gasteiger partial charge in [0.15, 0.2) is 0 Å². The molecule has 1 amide bonds. The topological polar surface area (TPSA) is 55.4 Å². The lowest BCUT2D eigenvalue weighted by Crippen LogP contribution is -2.44. The van der Waals surface area contributed by atoms with E-state index in [0.29, 0.717) is 6.42 Å². The van der Waals surface area contributed by atoms with Crippen molar-refractivity contribution >= 4 is 11.9 Å². The van der Waals surface area contributed by atoms with Crippen molar-refractivity contribution in [2.45, 2.75) is 51.0 Å². The fourth-order valence-corrected chi connectivity index (χ4v) is 3.00. The standard InChI is InChI=1S/C18H25NO3/c1-22-18(21)16(13-12-14-8-4-2-5-9-14)19-17(20)15-10-6-3-7-11-15/h2,4-5,8-9,15-16H,3,6-7,10-13H2,1H3,(H,19,20)/t16-/m1/s1. The molecule has 4 nitrogen and oxygen atoms in total. The van der Waals surface area contributed by atoms with Gasteiger partial charge >= 0.3 is 5.97 Å². The van der Waals surface area contributed by atoms with Crippen molar-refractivity contribution in [3.63, 3.8) is 0 Å². The molecule has 1 aromatic carbocycles. The summed E-state index contributed by atoms with van der Waals surface area (Å²) in [6, 6.07) is 9.41. The van der Waals surface area contributed by atoms with Crippen LogP contribution in [-0.4, -0.2) is 25.0 Å². The molecule has 0 aliphatic heterocycles. The number of carbonyl (C=O) groups is 2. The molecule has 2 rings (SSSR count). The van der Waals surface area contributed by atoms with E-state index in [4.69, 9.17) is 4.74 Å². The molecule has 1 atom stereocenters. The van der Waals surface area contributed by atoms with E-state index in [0.717, 1.165) is 37.7 Å². The van der Waals surface area contributed by atoms with E-state index in [2.05, 4.69) is 5.32 Å². The molecule has 0 saturated heterocycles. The normalized spacial score (nSPS) is 16.8. The van der Waals surface area contributed by atoms with Crippen LogP contribution in [0.15, 0.2) is 30.3 Å². The van der Waals surface area contributed by atoms with Gasteiger partial charge in [-0.3, -0.25) is 4.79 Å². The van der Waals surface area contributed by atoms with Gasteiger partial charge in [-0.15, -0.1) is 0 Å². The number of esters is 1. The quantitative estimate of drug-likeness (QED) is 0.822. The smallest absolute Gasteiger partial charge is 0.328 e. The third-order valence-electron chi connectivity index (χ3n) is 4.34. The molecule has 22 heavy (non-hydrogen) atoms. The number of rotatable bonds is 6. The van der Waals surface area contributed by atoms with E-state index in [-0.39, 0.29) is 17.8 Å². The van der Waals surface area contributed by atoms with Gasteiger partial charge in [0.2, 0.25) is 5.91 Å². The minimum absolute atomic E-state index is 0.00293. The van der Waals surface area contributed by atoms with Gasteiger partial charge in [0.05, 0.1) is 7.11 Å². The van der Waals surface area contributed by atoms with E-state index in [9.17, 15) is 9.59 Å². The van der Waals surface area contributed by atoms with Crippen molar-refractivity contribution < 1.29 is 14.3 Å². The molecule has 1 fully saturated rings. The third kappa shape index (κ3) is 4.86. The number of methoxy groups -OCH3 is 1. The average molecular weight is 303 g/mol. The average Bonchev–Trinajstić information content (AvgIpc) is 2.59. The number of nitrogens with one attached hydrogen (secondary N) is 1. The molecule has 0 heterocycles. The number of aryl methyl sites for hydroxylation is 1. The number of hydrogen-bond donors (Lipinski definition) is 1. The maximum Gasteiger partial charge on any atom is 0.328 e. The van der Waals surface area contributed by atoms with Crippen LogP contribution in [0.2, 0.25) is 0 Å². The lowest BCUT2D eigenvalue weighted by atomic mass is 9.88. The molecule has 0 radical (unpaired) electrons. The second kappa shape index (κ2) is 8.57. The summed E-state index contributed by atoms with van der Waals surface area (Å²) in [7, 11) is 1.37. The highest BCUT2D eigenvalue weighted by molar-refractivity contribution is 5.85. The summed E-state index contributed by atoms with van der Waals surface area (Å²) in [5, 5.41) is 2.89. The molecule has 1 saturated carbocycles. The molecular weight excluding hydrogens is 278 g/mol. The summed E-state index contributed by atoms with van der Waals surface area (Å²) in [4.78, 5) is 24.2. The fourth-order valence-electron chi connectivity index (χ4n) is 3.00. The Balaban J connectivity index is 1.91. The zero-order valence-corrected chi connectivity index (χ0v) is 13.2. The van der Waals surface area contributed by atoms with Crippen molar-refractivity contribution in [1.82, 2.24) is 5.32 Å². The lowest BCUT2D eigenvalue weighted by molar-refractivity contribution is -0.145. The summed E-state index contributed by atoms with van der Waals surface area (Å²) >= 11 is 0. The van der Waals surface area contributed by atoms with Gasteiger partial charge in [0.25, 0.3) is 0 Å². The minimum Gasteiger partial charge on any atom is -0.467 e. The summed E-state index contributed by atoms with van der Waals surface area (Å²) in [5.74, 6) is -0.305. The highest BCUT2D eigenvalue weighted by Crippen LogP contribution is 2.24. The number of hydrogen-bond acceptors (Lipinski definition) is 3. The first-order valence-electron chi connectivity index (χ1n) is 8.13. The van der Waals surface area contributed by atoms with E-state index in [1.54, 1.807) is 0 Å². The third-order valence-corrected chi connectivity index (χ3v) is 4.34. The SMILES string of the molecule is COC(=O)[C@@H](CCc1ccccc1)NC(=O)C1CCCCC1.